The zero-order valence-corrected chi connectivity index (χ0v) is 10.8. The van der Waals surface area contributed by atoms with Gasteiger partial charge in [0.05, 0.1) is 6.20 Å². The van der Waals surface area contributed by atoms with Crippen LogP contribution in [0.5, 0.6) is 0 Å². The molecule has 1 atom stereocenters. The van der Waals surface area contributed by atoms with Crippen LogP contribution in [0.2, 0.25) is 0 Å². The van der Waals surface area contributed by atoms with Crippen molar-refractivity contribution in [2.75, 3.05) is 17.2 Å². The summed E-state index contributed by atoms with van der Waals surface area (Å²) in [4.78, 5) is 21.4. The van der Waals surface area contributed by atoms with E-state index < -0.39 is 0 Å². The third-order valence-electron chi connectivity index (χ3n) is 2.09. The van der Waals surface area contributed by atoms with Crippen LogP contribution in [0, 0.1) is 0 Å². The van der Waals surface area contributed by atoms with Gasteiger partial charge in [-0.05, 0) is 15.9 Å². The summed E-state index contributed by atoms with van der Waals surface area (Å²) in [6, 6.07) is 0. The highest BCUT2D eigenvalue weighted by atomic mass is 79.9. The Bertz CT molecular complexity index is 412. The third kappa shape index (κ3) is 2.12. The van der Waals surface area contributed by atoms with Crippen molar-refractivity contribution in [3.8, 4) is 0 Å². The highest BCUT2D eigenvalue weighted by Crippen LogP contribution is 2.27. The predicted octanol–water partition coefficient (Wildman–Crippen LogP) is 1.32. The molecule has 1 aliphatic heterocycles. The Morgan fingerprint density at radius 1 is 1.60 bits per heavy atom. The number of anilines is 2. The van der Waals surface area contributed by atoms with Crippen LogP contribution in [0.3, 0.4) is 0 Å². The van der Waals surface area contributed by atoms with Crippen molar-refractivity contribution in [2.24, 2.45) is 0 Å². The number of amides is 1. The molecule has 5 nitrogen and oxygen atoms in total. The highest BCUT2D eigenvalue weighted by Gasteiger charge is 2.31. The van der Waals surface area contributed by atoms with Crippen LogP contribution in [-0.4, -0.2) is 27.2 Å². The first-order valence-corrected chi connectivity index (χ1v) is 6.01. The van der Waals surface area contributed by atoms with Crippen LogP contribution >= 0.6 is 31.9 Å². The summed E-state index contributed by atoms with van der Waals surface area (Å²) in [5, 5.41) is 0. The normalized spacial score (nSPS) is 21.1. The molecule has 0 aromatic carbocycles. The molecule has 0 radical (unpaired) electrons. The average molecular weight is 336 g/mol. The second-order valence-electron chi connectivity index (χ2n) is 3.21. The maximum Gasteiger partial charge on any atom is 0.229 e. The van der Waals surface area contributed by atoms with E-state index in [1.807, 2.05) is 0 Å². The average Bonchev–Trinajstić information content (AvgIpc) is 2.50. The molecule has 7 heteroatoms. The van der Waals surface area contributed by atoms with Crippen LogP contribution in [0.1, 0.15) is 6.42 Å². The summed E-state index contributed by atoms with van der Waals surface area (Å²) in [7, 11) is 0. The standard InChI is InChI=1S/C8H8Br2N4O/c9-4-1-6(15)14(3-4)8-7(11)12-2-5(10)13-8/h2,4H,1,3H2,(H2,11,12). The first-order chi connectivity index (χ1) is 7.08. The number of nitrogens with two attached hydrogens (primary N) is 1. The molecule has 1 aliphatic rings. The van der Waals surface area contributed by atoms with E-state index in [0.29, 0.717) is 23.4 Å². The number of alkyl halides is 1. The van der Waals surface area contributed by atoms with Crippen molar-refractivity contribution in [3.63, 3.8) is 0 Å². The Hall–Kier alpha value is -0.690. The van der Waals surface area contributed by atoms with E-state index in [-0.39, 0.29) is 16.6 Å². The van der Waals surface area contributed by atoms with E-state index in [2.05, 4.69) is 41.8 Å². The van der Waals surface area contributed by atoms with Crippen molar-refractivity contribution in [2.45, 2.75) is 11.2 Å². The van der Waals surface area contributed by atoms with Gasteiger partial charge in [-0.25, -0.2) is 9.97 Å². The highest BCUT2D eigenvalue weighted by molar-refractivity contribution is 9.10. The van der Waals surface area contributed by atoms with Gasteiger partial charge in [0.2, 0.25) is 5.91 Å². The molecule has 2 rings (SSSR count). The summed E-state index contributed by atoms with van der Waals surface area (Å²) in [6.07, 6.45) is 1.97. The second kappa shape index (κ2) is 4.05. The zero-order chi connectivity index (χ0) is 11.0. The van der Waals surface area contributed by atoms with E-state index in [9.17, 15) is 4.79 Å². The topological polar surface area (TPSA) is 72.1 Å². The van der Waals surface area contributed by atoms with Gasteiger partial charge in [0, 0.05) is 17.8 Å². The SMILES string of the molecule is Nc1ncc(Br)nc1N1CC(Br)CC1=O. The Morgan fingerprint density at radius 2 is 2.33 bits per heavy atom. The number of nitrogen functional groups attached to an aromatic ring is 1. The van der Waals surface area contributed by atoms with E-state index in [1.165, 1.54) is 6.20 Å². The maximum absolute atomic E-state index is 11.6. The first-order valence-electron chi connectivity index (χ1n) is 4.30. The van der Waals surface area contributed by atoms with Gasteiger partial charge >= 0.3 is 0 Å². The van der Waals surface area contributed by atoms with Crippen LogP contribution in [-0.2, 0) is 4.79 Å². The molecule has 1 aromatic rings. The first kappa shape index (κ1) is 10.8. The van der Waals surface area contributed by atoms with Gasteiger partial charge in [-0.2, -0.15) is 0 Å². The number of aromatic nitrogens is 2. The lowest BCUT2D eigenvalue weighted by Gasteiger charge is -2.15. The van der Waals surface area contributed by atoms with E-state index in [1.54, 1.807) is 4.90 Å². The Kier molecular flexibility index (Phi) is 2.92. The van der Waals surface area contributed by atoms with E-state index >= 15 is 0 Å². The quantitative estimate of drug-likeness (QED) is 0.786. The molecular formula is C8H8Br2N4O. The summed E-state index contributed by atoms with van der Waals surface area (Å²) in [6.45, 7) is 0.578. The molecule has 0 saturated carbocycles. The van der Waals surface area contributed by atoms with Gasteiger partial charge in [-0.1, -0.05) is 15.9 Å². The molecule has 2 N–H and O–H groups in total. The van der Waals surface area contributed by atoms with Gasteiger partial charge in [-0.15, -0.1) is 0 Å². The molecule has 15 heavy (non-hydrogen) atoms. The molecule has 1 aromatic heterocycles. The maximum atomic E-state index is 11.6. The van der Waals surface area contributed by atoms with Crippen LogP contribution in [0.4, 0.5) is 11.6 Å². The number of rotatable bonds is 1. The van der Waals surface area contributed by atoms with Crippen molar-refractivity contribution >= 4 is 49.4 Å². The Morgan fingerprint density at radius 3 is 2.93 bits per heavy atom. The van der Waals surface area contributed by atoms with E-state index in [4.69, 9.17) is 5.73 Å². The molecule has 1 fully saturated rings. The number of hydrogen-bond acceptors (Lipinski definition) is 4. The van der Waals surface area contributed by atoms with Gasteiger partial charge in [0.1, 0.15) is 4.60 Å². The van der Waals surface area contributed by atoms with E-state index in [0.717, 1.165) is 0 Å². The molecule has 1 saturated heterocycles. The molecule has 0 aliphatic carbocycles. The number of carbonyl (C=O) groups excluding carboxylic acids is 1. The zero-order valence-electron chi connectivity index (χ0n) is 7.65. The van der Waals surface area contributed by atoms with Gasteiger partial charge < -0.3 is 5.73 Å². The number of halogens is 2. The fourth-order valence-corrected chi connectivity index (χ4v) is 2.27. The minimum absolute atomic E-state index is 0.0102. The van der Waals surface area contributed by atoms with Crippen molar-refractivity contribution in [1.29, 1.82) is 0 Å². The number of carbonyl (C=O) groups is 1. The fourth-order valence-electron chi connectivity index (χ4n) is 1.44. The second-order valence-corrected chi connectivity index (χ2v) is 5.31. The fraction of sp³-hybridized carbons (Fsp3) is 0.375. The van der Waals surface area contributed by atoms with Crippen LogP contribution in [0.25, 0.3) is 0 Å². The predicted molar refractivity (Wildman–Crippen MR) is 63.8 cm³/mol. The van der Waals surface area contributed by atoms with Gasteiger partial charge in [0.25, 0.3) is 0 Å². The third-order valence-corrected chi connectivity index (χ3v) is 3.08. The number of nitrogens with zero attached hydrogens (tertiary/aromatic N) is 3. The Labute approximate surface area is 103 Å². The van der Waals surface area contributed by atoms with Crippen molar-refractivity contribution in [1.82, 2.24) is 9.97 Å². The summed E-state index contributed by atoms with van der Waals surface area (Å²) in [5.74, 6) is 0.709. The molecule has 1 amide bonds. The van der Waals surface area contributed by atoms with Crippen LogP contribution in [0.15, 0.2) is 10.8 Å². The summed E-state index contributed by atoms with van der Waals surface area (Å²) in [5.41, 5.74) is 5.67. The molecule has 0 bridgehead atoms. The minimum atomic E-state index is 0.0102. The van der Waals surface area contributed by atoms with Crippen LogP contribution < -0.4 is 10.6 Å². The summed E-state index contributed by atoms with van der Waals surface area (Å²) >= 11 is 6.60. The molecular weight excluding hydrogens is 328 g/mol. The molecule has 2 heterocycles. The lowest BCUT2D eigenvalue weighted by Crippen LogP contribution is -2.27. The Balaban J connectivity index is 2.37. The van der Waals surface area contributed by atoms with Crippen molar-refractivity contribution < 1.29 is 4.79 Å². The lowest BCUT2D eigenvalue weighted by atomic mass is 10.4. The largest absolute Gasteiger partial charge is 0.381 e. The minimum Gasteiger partial charge on any atom is -0.381 e. The molecule has 0 spiro atoms. The lowest BCUT2D eigenvalue weighted by molar-refractivity contribution is -0.117. The van der Waals surface area contributed by atoms with Gasteiger partial charge in [-0.3, -0.25) is 9.69 Å². The van der Waals surface area contributed by atoms with Crippen molar-refractivity contribution in [3.05, 3.63) is 10.8 Å². The molecule has 80 valence electrons. The van der Waals surface area contributed by atoms with Gasteiger partial charge in [0.15, 0.2) is 11.6 Å². The smallest absolute Gasteiger partial charge is 0.229 e. The molecule has 1 unspecified atom stereocenters. The number of hydrogen-bond donors (Lipinski definition) is 1. The monoisotopic (exact) mass is 334 g/mol. The summed E-state index contributed by atoms with van der Waals surface area (Å²) < 4.78 is 0.567.